The summed E-state index contributed by atoms with van der Waals surface area (Å²) in [5.41, 5.74) is 2.73. The molecule has 1 fully saturated rings. The number of carbonyl (C=O) groups excluding carboxylic acids is 1. The summed E-state index contributed by atoms with van der Waals surface area (Å²) in [6.07, 6.45) is 3.66. The standard InChI is InChI=1S/C23H23N5O3/c29-21(10-13-30-18-4-2-1-3-5-18)28-11-8-16(9-12-28)23-26-22(27-31-23)17-6-7-19-20(14-17)25-15-24-19/h1-7,14-16H,8-13H2,(H,24,25). The van der Waals surface area contributed by atoms with Crippen LogP contribution in [0.5, 0.6) is 5.75 Å². The van der Waals surface area contributed by atoms with E-state index in [0.29, 0.717) is 37.8 Å². The molecule has 8 heteroatoms. The fourth-order valence-electron chi connectivity index (χ4n) is 3.90. The topological polar surface area (TPSA) is 97.1 Å². The number of fused-ring (bicyclic) bond motifs is 1. The van der Waals surface area contributed by atoms with Crippen LogP contribution in [0.2, 0.25) is 0 Å². The molecule has 158 valence electrons. The predicted octanol–water partition coefficient (Wildman–Crippen LogP) is 3.79. The average molecular weight is 417 g/mol. The number of H-pyrrole nitrogens is 1. The van der Waals surface area contributed by atoms with E-state index >= 15 is 0 Å². The van der Waals surface area contributed by atoms with Gasteiger partial charge in [0.2, 0.25) is 17.6 Å². The van der Waals surface area contributed by atoms with Crippen molar-refractivity contribution in [2.75, 3.05) is 19.7 Å². The van der Waals surface area contributed by atoms with Crippen molar-refractivity contribution in [1.29, 1.82) is 0 Å². The molecule has 0 unspecified atom stereocenters. The molecule has 0 spiro atoms. The summed E-state index contributed by atoms with van der Waals surface area (Å²) >= 11 is 0. The van der Waals surface area contributed by atoms with Gasteiger partial charge in [-0.2, -0.15) is 4.98 Å². The van der Waals surface area contributed by atoms with E-state index < -0.39 is 0 Å². The number of rotatable bonds is 6. The van der Waals surface area contributed by atoms with Crippen LogP contribution in [-0.4, -0.2) is 50.6 Å². The van der Waals surface area contributed by atoms with E-state index in [1.165, 1.54) is 0 Å². The third-order valence-electron chi connectivity index (χ3n) is 5.64. The molecule has 0 aliphatic carbocycles. The zero-order valence-corrected chi connectivity index (χ0v) is 17.0. The lowest BCUT2D eigenvalue weighted by Crippen LogP contribution is -2.38. The fraction of sp³-hybridized carbons (Fsp3) is 0.304. The van der Waals surface area contributed by atoms with Crippen molar-refractivity contribution in [3.8, 4) is 17.1 Å². The number of amides is 1. The normalized spacial score (nSPS) is 14.8. The van der Waals surface area contributed by atoms with Gasteiger partial charge in [-0.15, -0.1) is 0 Å². The van der Waals surface area contributed by atoms with Gasteiger partial charge in [-0.25, -0.2) is 4.98 Å². The molecule has 3 heterocycles. The van der Waals surface area contributed by atoms with Gasteiger partial charge in [0.15, 0.2) is 0 Å². The molecule has 5 rings (SSSR count). The highest BCUT2D eigenvalue weighted by molar-refractivity contribution is 5.79. The van der Waals surface area contributed by atoms with Gasteiger partial charge < -0.3 is 19.1 Å². The SMILES string of the molecule is O=C(CCOc1ccccc1)N1CCC(c2nc(-c3ccc4nc[nH]c4c3)no2)CC1. The molecule has 2 aromatic carbocycles. The Morgan fingerprint density at radius 1 is 1.16 bits per heavy atom. The van der Waals surface area contributed by atoms with Gasteiger partial charge in [-0.05, 0) is 43.2 Å². The molecule has 0 atom stereocenters. The number of nitrogens with zero attached hydrogens (tertiary/aromatic N) is 4. The van der Waals surface area contributed by atoms with Crippen molar-refractivity contribution in [3.05, 3.63) is 60.7 Å². The largest absolute Gasteiger partial charge is 0.493 e. The second-order valence-electron chi connectivity index (χ2n) is 7.66. The van der Waals surface area contributed by atoms with Gasteiger partial charge >= 0.3 is 0 Å². The predicted molar refractivity (Wildman–Crippen MR) is 114 cm³/mol. The summed E-state index contributed by atoms with van der Waals surface area (Å²) in [4.78, 5) is 26.3. The molecular formula is C23H23N5O3. The number of carbonyl (C=O) groups is 1. The van der Waals surface area contributed by atoms with Crippen LogP contribution in [0.15, 0.2) is 59.4 Å². The molecule has 1 N–H and O–H groups in total. The van der Waals surface area contributed by atoms with E-state index in [9.17, 15) is 4.79 Å². The van der Waals surface area contributed by atoms with Crippen molar-refractivity contribution in [2.45, 2.75) is 25.2 Å². The maximum Gasteiger partial charge on any atom is 0.230 e. The van der Waals surface area contributed by atoms with Crippen LogP contribution in [-0.2, 0) is 4.79 Å². The third-order valence-corrected chi connectivity index (χ3v) is 5.64. The van der Waals surface area contributed by atoms with Crippen molar-refractivity contribution >= 4 is 16.9 Å². The lowest BCUT2D eigenvalue weighted by molar-refractivity contribution is -0.132. The number of hydrogen-bond acceptors (Lipinski definition) is 6. The molecule has 1 amide bonds. The highest BCUT2D eigenvalue weighted by atomic mass is 16.5. The van der Waals surface area contributed by atoms with E-state index in [4.69, 9.17) is 9.26 Å². The first kappa shape index (κ1) is 19.3. The van der Waals surface area contributed by atoms with E-state index in [2.05, 4.69) is 20.1 Å². The number of imidazole rings is 1. The van der Waals surface area contributed by atoms with Crippen LogP contribution in [0.4, 0.5) is 0 Å². The number of ether oxygens (including phenoxy) is 1. The highest BCUT2D eigenvalue weighted by Gasteiger charge is 2.27. The molecule has 0 saturated carbocycles. The van der Waals surface area contributed by atoms with Gasteiger partial charge in [0.1, 0.15) is 5.75 Å². The number of nitrogens with one attached hydrogen (secondary N) is 1. The average Bonchev–Trinajstić information content (AvgIpc) is 3.49. The van der Waals surface area contributed by atoms with Gasteiger partial charge in [0, 0.05) is 24.6 Å². The van der Waals surface area contributed by atoms with Gasteiger partial charge in [-0.1, -0.05) is 23.4 Å². The number of para-hydroxylation sites is 1. The van der Waals surface area contributed by atoms with Crippen molar-refractivity contribution < 1.29 is 14.1 Å². The minimum atomic E-state index is 0.119. The molecule has 8 nitrogen and oxygen atoms in total. The number of hydrogen-bond donors (Lipinski definition) is 1. The lowest BCUT2D eigenvalue weighted by Gasteiger charge is -2.30. The first-order valence-electron chi connectivity index (χ1n) is 10.5. The van der Waals surface area contributed by atoms with E-state index in [1.807, 2.05) is 53.4 Å². The first-order valence-corrected chi connectivity index (χ1v) is 10.5. The fourth-order valence-corrected chi connectivity index (χ4v) is 3.90. The Bertz CT molecular complexity index is 1160. The lowest BCUT2D eigenvalue weighted by atomic mass is 9.96. The van der Waals surface area contributed by atoms with Crippen LogP contribution >= 0.6 is 0 Å². The van der Waals surface area contributed by atoms with E-state index in [0.717, 1.165) is 35.2 Å². The van der Waals surface area contributed by atoms with Crippen LogP contribution in [0.25, 0.3) is 22.4 Å². The molecule has 0 radical (unpaired) electrons. The molecule has 1 aliphatic heterocycles. The minimum Gasteiger partial charge on any atom is -0.493 e. The molecule has 31 heavy (non-hydrogen) atoms. The van der Waals surface area contributed by atoms with Crippen molar-refractivity contribution in [1.82, 2.24) is 25.0 Å². The molecule has 1 aliphatic rings. The van der Waals surface area contributed by atoms with Gasteiger partial charge in [-0.3, -0.25) is 4.79 Å². The number of aromatic amines is 1. The third kappa shape index (κ3) is 4.28. The second kappa shape index (κ2) is 8.59. The van der Waals surface area contributed by atoms with Crippen molar-refractivity contribution in [3.63, 3.8) is 0 Å². The molecular weight excluding hydrogens is 394 g/mol. The molecule has 4 aromatic rings. The zero-order valence-electron chi connectivity index (χ0n) is 17.0. The summed E-state index contributed by atoms with van der Waals surface area (Å²) in [5, 5.41) is 4.16. The van der Waals surface area contributed by atoms with E-state index in [1.54, 1.807) is 6.33 Å². The Hall–Kier alpha value is -3.68. The number of piperidine rings is 1. The van der Waals surface area contributed by atoms with Crippen LogP contribution in [0.3, 0.4) is 0 Å². The number of benzene rings is 2. The zero-order chi connectivity index (χ0) is 21.0. The van der Waals surface area contributed by atoms with Crippen molar-refractivity contribution in [2.24, 2.45) is 0 Å². The Kier molecular flexibility index (Phi) is 5.35. The Morgan fingerprint density at radius 3 is 2.84 bits per heavy atom. The number of likely N-dealkylation sites (tertiary alicyclic amines) is 1. The summed E-state index contributed by atoms with van der Waals surface area (Å²) < 4.78 is 11.2. The maximum atomic E-state index is 12.5. The molecule has 1 saturated heterocycles. The summed E-state index contributed by atoms with van der Waals surface area (Å²) in [6.45, 7) is 1.76. The number of aromatic nitrogens is 4. The van der Waals surface area contributed by atoms with Crippen LogP contribution < -0.4 is 4.74 Å². The summed E-state index contributed by atoms with van der Waals surface area (Å²) in [7, 11) is 0. The molecule has 0 bridgehead atoms. The maximum absolute atomic E-state index is 12.5. The smallest absolute Gasteiger partial charge is 0.230 e. The van der Waals surface area contributed by atoms with Gasteiger partial charge in [0.05, 0.1) is 30.4 Å². The van der Waals surface area contributed by atoms with Crippen LogP contribution in [0.1, 0.15) is 31.1 Å². The molecule has 2 aromatic heterocycles. The monoisotopic (exact) mass is 417 g/mol. The highest BCUT2D eigenvalue weighted by Crippen LogP contribution is 2.29. The minimum absolute atomic E-state index is 0.119. The summed E-state index contributed by atoms with van der Waals surface area (Å²) in [5.74, 6) is 2.28. The summed E-state index contributed by atoms with van der Waals surface area (Å²) in [6, 6.07) is 15.4. The van der Waals surface area contributed by atoms with Crippen LogP contribution in [0, 0.1) is 0 Å². The first-order chi connectivity index (χ1) is 15.3. The Balaban J connectivity index is 1.14. The Labute approximate surface area is 179 Å². The van der Waals surface area contributed by atoms with Gasteiger partial charge in [0.25, 0.3) is 0 Å². The Morgan fingerprint density at radius 2 is 2.00 bits per heavy atom. The van der Waals surface area contributed by atoms with E-state index in [-0.39, 0.29) is 11.8 Å². The quantitative estimate of drug-likeness (QED) is 0.513. The second-order valence-corrected chi connectivity index (χ2v) is 7.66.